The average molecular weight is 437 g/mol. The topological polar surface area (TPSA) is 24.8 Å². The first-order valence-electron chi connectivity index (χ1n) is 10.5. The summed E-state index contributed by atoms with van der Waals surface area (Å²) in [6.45, 7) is 0.849. The molecule has 1 spiro atoms. The lowest BCUT2D eigenvalue weighted by atomic mass is 9.52. The molecular formula is C24H25BrN2O. The molecule has 4 bridgehead atoms. The van der Waals surface area contributed by atoms with Gasteiger partial charge < -0.3 is 9.74 Å². The number of alkyl halides is 1. The highest BCUT2D eigenvalue weighted by molar-refractivity contribution is 9.10. The van der Waals surface area contributed by atoms with Crippen LogP contribution in [0.1, 0.15) is 43.2 Å². The molecule has 1 aliphatic heterocycles. The van der Waals surface area contributed by atoms with Crippen molar-refractivity contribution >= 4 is 21.8 Å². The van der Waals surface area contributed by atoms with Crippen LogP contribution < -0.4 is 0 Å². The van der Waals surface area contributed by atoms with Gasteiger partial charge in [-0.25, -0.2) is 0 Å². The van der Waals surface area contributed by atoms with E-state index in [0.717, 1.165) is 23.9 Å². The average Bonchev–Trinajstić information content (AvgIpc) is 3.06. The van der Waals surface area contributed by atoms with E-state index in [2.05, 4.69) is 81.5 Å². The third kappa shape index (κ3) is 2.43. The van der Waals surface area contributed by atoms with E-state index in [1.165, 1.54) is 37.7 Å². The molecule has 4 saturated carbocycles. The number of nitrogens with zero attached hydrogens (tertiary/aromatic N) is 2. The fourth-order valence-electron chi connectivity index (χ4n) is 6.58. The van der Waals surface area contributed by atoms with Crippen molar-refractivity contribution in [3.05, 3.63) is 71.8 Å². The molecular weight excluding hydrogens is 412 g/mol. The predicted octanol–water partition coefficient (Wildman–Crippen LogP) is 5.55. The van der Waals surface area contributed by atoms with Gasteiger partial charge in [0.2, 0.25) is 5.72 Å². The van der Waals surface area contributed by atoms with Gasteiger partial charge in [-0.3, -0.25) is 0 Å². The third-order valence-electron chi connectivity index (χ3n) is 7.46. The normalized spacial score (nSPS) is 38.0. The van der Waals surface area contributed by atoms with Gasteiger partial charge in [0.1, 0.15) is 0 Å². The summed E-state index contributed by atoms with van der Waals surface area (Å²) < 4.78 is 0.325. The maximum absolute atomic E-state index is 6.51. The zero-order valence-electron chi connectivity index (χ0n) is 15.9. The molecule has 144 valence electrons. The quantitative estimate of drug-likeness (QED) is 0.589. The standard InChI is InChI=1S/C24H25BrN2O/c25-23-13-18-11-20(14-23)24(21(12-18)15-23)27(16-17-7-3-1-4-8-17)22(26-28-24)19-9-5-2-6-10-19/h1-10,18,20-21H,11-16H2/t18?,20-,21+,23?,24?. The second-order valence-electron chi connectivity index (χ2n) is 9.19. The second kappa shape index (κ2) is 6.09. The highest BCUT2D eigenvalue weighted by Gasteiger charge is 2.68. The maximum Gasteiger partial charge on any atom is 0.217 e. The monoisotopic (exact) mass is 436 g/mol. The Balaban J connectivity index is 1.43. The zero-order valence-corrected chi connectivity index (χ0v) is 17.5. The number of halogens is 1. The maximum atomic E-state index is 6.51. The lowest BCUT2D eigenvalue weighted by Crippen LogP contribution is -2.68. The SMILES string of the molecule is BrC12CC3C[C@H](C1)C1(ON=C(c4ccccc4)N1Cc1ccccc1)[C@@H](C3)C2. The Bertz CT molecular complexity index is 897. The summed E-state index contributed by atoms with van der Waals surface area (Å²) in [6, 6.07) is 21.3. The van der Waals surface area contributed by atoms with Crippen molar-refractivity contribution in [1.29, 1.82) is 0 Å². The van der Waals surface area contributed by atoms with E-state index in [0.29, 0.717) is 16.2 Å². The molecule has 28 heavy (non-hydrogen) atoms. The molecule has 5 aliphatic rings. The largest absolute Gasteiger partial charge is 0.364 e. The molecule has 5 atom stereocenters. The Kier molecular flexibility index (Phi) is 3.72. The minimum Gasteiger partial charge on any atom is -0.364 e. The lowest BCUT2D eigenvalue weighted by Gasteiger charge is -2.63. The highest BCUT2D eigenvalue weighted by Crippen LogP contribution is 2.65. The summed E-state index contributed by atoms with van der Waals surface area (Å²) in [6.07, 6.45) is 6.27. The second-order valence-corrected chi connectivity index (χ2v) is 10.9. The first-order chi connectivity index (χ1) is 13.7. The van der Waals surface area contributed by atoms with E-state index in [9.17, 15) is 0 Å². The fraction of sp³-hybridized carbons (Fsp3) is 0.458. The van der Waals surface area contributed by atoms with Crippen molar-refractivity contribution in [2.24, 2.45) is 22.9 Å². The molecule has 0 radical (unpaired) electrons. The van der Waals surface area contributed by atoms with Crippen LogP contribution in [0.3, 0.4) is 0 Å². The number of hydrogen-bond acceptors (Lipinski definition) is 3. The van der Waals surface area contributed by atoms with Crippen molar-refractivity contribution < 1.29 is 4.84 Å². The summed E-state index contributed by atoms with van der Waals surface area (Å²) in [5.74, 6) is 2.91. The van der Waals surface area contributed by atoms with Crippen LogP contribution in [0.4, 0.5) is 0 Å². The van der Waals surface area contributed by atoms with Crippen LogP contribution in [0.2, 0.25) is 0 Å². The summed E-state index contributed by atoms with van der Waals surface area (Å²) in [4.78, 5) is 9.02. The van der Waals surface area contributed by atoms with E-state index in [1.807, 2.05) is 0 Å². The summed E-state index contributed by atoms with van der Waals surface area (Å²) in [5.41, 5.74) is 2.19. The van der Waals surface area contributed by atoms with Crippen molar-refractivity contribution in [2.75, 3.05) is 0 Å². The Morgan fingerprint density at radius 1 is 0.929 bits per heavy atom. The van der Waals surface area contributed by atoms with Crippen LogP contribution in [0, 0.1) is 17.8 Å². The van der Waals surface area contributed by atoms with Gasteiger partial charge in [0.05, 0.1) is 0 Å². The van der Waals surface area contributed by atoms with Gasteiger partial charge in [0, 0.05) is 28.3 Å². The molecule has 3 unspecified atom stereocenters. The minimum atomic E-state index is -0.283. The van der Waals surface area contributed by atoms with E-state index in [-0.39, 0.29) is 5.72 Å². The van der Waals surface area contributed by atoms with Gasteiger partial charge in [-0.1, -0.05) is 81.7 Å². The van der Waals surface area contributed by atoms with Gasteiger partial charge >= 0.3 is 0 Å². The molecule has 0 amide bonds. The summed E-state index contributed by atoms with van der Waals surface area (Å²) >= 11 is 4.12. The van der Waals surface area contributed by atoms with Crippen molar-refractivity contribution in [1.82, 2.24) is 4.90 Å². The Hall–Kier alpha value is -1.81. The van der Waals surface area contributed by atoms with E-state index < -0.39 is 0 Å². The van der Waals surface area contributed by atoms with Crippen LogP contribution in [0.15, 0.2) is 65.8 Å². The molecule has 7 rings (SSSR count). The van der Waals surface area contributed by atoms with Gasteiger partial charge in [0.25, 0.3) is 0 Å². The van der Waals surface area contributed by atoms with E-state index >= 15 is 0 Å². The summed E-state index contributed by atoms with van der Waals surface area (Å²) in [5, 5.41) is 4.73. The molecule has 3 nitrogen and oxygen atoms in total. The van der Waals surface area contributed by atoms with Gasteiger partial charge in [-0.05, 0) is 43.6 Å². The first-order valence-corrected chi connectivity index (χ1v) is 11.3. The fourth-order valence-corrected chi connectivity index (χ4v) is 7.82. The van der Waals surface area contributed by atoms with Crippen molar-refractivity contribution in [3.63, 3.8) is 0 Å². The number of rotatable bonds is 3. The molecule has 4 aliphatic carbocycles. The zero-order chi connectivity index (χ0) is 18.8. The van der Waals surface area contributed by atoms with Crippen LogP contribution in [-0.4, -0.2) is 20.8 Å². The van der Waals surface area contributed by atoms with E-state index in [4.69, 9.17) is 9.99 Å². The van der Waals surface area contributed by atoms with Crippen LogP contribution in [-0.2, 0) is 11.4 Å². The molecule has 1 heterocycles. The van der Waals surface area contributed by atoms with Crippen LogP contribution in [0.5, 0.6) is 0 Å². The molecule has 0 saturated heterocycles. The molecule has 2 aromatic carbocycles. The first kappa shape index (κ1) is 17.1. The van der Waals surface area contributed by atoms with E-state index in [1.54, 1.807) is 0 Å². The smallest absolute Gasteiger partial charge is 0.217 e. The number of benzene rings is 2. The summed E-state index contributed by atoms with van der Waals surface area (Å²) in [7, 11) is 0. The number of amidine groups is 1. The molecule has 4 heteroatoms. The van der Waals surface area contributed by atoms with Gasteiger partial charge in [0.15, 0.2) is 5.84 Å². The van der Waals surface area contributed by atoms with Crippen molar-refractivity contribution in [3.8, 4) is 0 Å². The minimum absolute atomic E-state index is 0.283. The Morgan fingerprint density at radius 2 is 1.57 bits per heavy atom. The Labute approximate surface area is 174 Å². The number of oxime groups is 1. The molecule has 2 aromatic rings. The molecule has 0 aromatic heterocycles. The van der Waals surface area contributed by atoms with Crippen LogP contribution in [0.25, 0.3) is 0 Å². The van der Waals surface area contributed by atoms with Gasteiger partial charge in [-0.15, -0.1) is 0 Å². The lowest BCUT2D eigenvalue weighted by molar-refractivity contribution is -0.240. The molecule has 4 fully saturated rings. The predicted molar refractivity (Wildman–Crippen MR) is 114 cm³/mol. The number of hydrogen-bond donors (Lipinski definition) is 0. The highest BCUT2D eigenvalue weighted by atomic mass is 79.9. The van der Waals surface area contributed by atoms with Crippen molar-refractivity contribution in [2.45, 2.75) is 48.7 Å². The molecule has 0 N–H and O–H groups in total. The van der Waals surface area contributed by atoms with Crippen LogP contribution >= 0.6 is 15.9 Å². The Morgan fingerprint density at radius 3 is 2.21 bits per heavy atom. The third-order valence-corrected chi connectivity index (χ3v) is 8.43. The van der Waals surface area contributed by atoms with Gasteiger partial charge in [-0.2, -0.15) is 0 Å².